The molecule has 5 heteroatoms. The molecule has 78 valence electrons. The fourth-order valence-electron chi connectivity index (χ4n) is 1.04. The first kappa shape index (κ1) is 11.6. The van der Waals surface area contributed by atoms with Gasteiger partial charge in [0.05, 0.1) is 10.8 Å². The fraction of sp³-hybridized carbons (Fsp3) is 0.333. The van der Waals surface area contributed by atoms with Crippen LogP contribution in [0.2, 0.25) is 5.02 Å². The van der Waals surface area contributed by atoms with Gasteiger partial charge in [-0.15, -0.1) is 0 Å². The zero-order valence-electron chi connectivity index (χ0n) is 7.50. The zero-order chi connectivity index (χ0) is 10.6. The van der Waals surface area contributed by atoms with Gasteiger partial charge in [-0.3, -0.25) is 4.21 Å². The third kappa shape index (κ3) is 3.04. The van der Waals surface area contributed by atoms with Crippen molar-refractivity contribution in [2.24, 2.45) is 5.73 Å². The molecule has 0 saturated heterocycles. The van der Waals surface area contributed by atoms with Crippen LogP contribution in [0.4, 0.5) is 4.39 Å². The van der Waals surface area contributed by atoms with Gasteiger partial charge in [0, 0.05) is 23.1 Å². The zero-order valence-corrected chi connectivity index (χ0v) is 9.08. The monoisotopic (exact) mass is 235 g/mol. The first-order valence-corrected chi connectivity index (χ1v) is 5.99. The highest BCUT2D eigenvalue weighted by Crippen LogP contribution is 2.20. The lowest BCUT2D eigenvalue weighted by atomic mass is 10.2. The van der Waals surface area contributed by atoms with E-state index in [1.165, 1.54) is 6.07 Å². The molecule has 0 aliphatic carbocycles. The highest BCUT2D eigenvalue weighted by molar-refractivity contribution is 7.84. The molecule has 0 amide bonds. The summed E-state index contributed by atoms with van der Waals surface area (Å²) < 4.78 is 24.3. The molecule has 0 spiro atoms. The molecular formula is C9H11ClFNOS. The predicted octanol–water partition coefficient (Wildman–Crippen LogP) is 1.69. The summed E-state index contributed by atoms with van der Waals surface area (Å²) in [5.74, 6) is 0.189. The number of nitrogens with two attached hydrogens (primary N) is 1. The van der Waals surface area contributed by atoms with Crippen LogP contribution in [0.3, 0.4) is 0 Å². The van der Waals surface area contributed by atoms with Crippen molar-refractivity contribution < 1.29 is 8.60 Å². The summed E-state index contributed by atoms with van der Waals surface area (Å²) in [4.78, 5) is 0. The molecule has 0 aliphatic heterocycles. The molecule has 14 heavy (non-hydrogen) atoms. The SMILES string of the molecule is NCCS(=O)Cc1cccc(F)c1Cl. The van der Waals surface area contributed by atoms with Crippen LogP contribution >= 0.6 is 11.6 Å². The van der Waals surface area contributed by atoms with Crippen molar-refractivity contribution in [3.05, 3.63) is 34.6 Å². The molecule has 1 aromatic rings. The molecular weight excluding hydrogens is 225 g/mol. The van der Waals surface area contributed by atoms with Crippen molar-refractivity contribution in [3.8, 4) is 0 Å². The average molecular weight is 236 g/mol. The van der Waals surface area contributed by atoms with E-state index in [0.29, 0.717) is 17.9 Å². The third-order valence-electron chi connectivity index (χ3n) is 1.69. The molecule has 0 bridgehead atoms. The summed E-state index contributed by atoms with van der Waals surface area (Å²) in [5.41, 5.74) is 5.82. The Labute approximate surface area is 89.7 Å². The maximum atomic E-state index is 13.0. The highest BCUT2D eigenvalue weighted by atomic mass is 35.5. The minimum atomic E-state index is -1.07. The Morgan fingerprint density at radius 1 is 1.50 bits per heavy atom. The van der Waals surface area contributed by atoms with E-state index in [0.717, 1.165) is 0 Å². The summed E-state index contributed by atoms with van der Waals surface area (Å²) in [5, 5.41) is 0.0536. The molecule has 0 fully saturated rings. The normalized spacial score (nSPS) is 12.8. The van der Waals surface area contributed by atoms with Gasteiger partial charge in [0.25, 0.3) is 0 Å². The maximum absolute atomic E-state index is 13.0. The van der Waals surface area contributed by atoms with Gasteiger partial charge in [-0.05, 0) is 11.6 Å². The Morgan fingerprint density at radius 3 is 2.86 bits per heavy atom. The van der Waals surface area contributed by atoms with E-state index >= 15 is 0 Å². The third-order valence-corrected chi connectivity index (χ3v) is 3.44. The van der Waals surface area contributed by atoms with Crippen molar-refractivity contribution in [2.75, 3.05) is 12.3 Å². The fourth-order valence-corrected chi connectivity index (χ4v) is 2.30. The molecule has 0 saturated carbocycles. The minimum absolute atomic E-state index is 0.0536. The summed E-state index contributed by atoms with van der Waals surface area (Å²) in [6.45, 7) is 0.361. The van der Waals surface area contributed by atoms with Crippen molar-refractivity contribution in [1.29, 1.82) is 0 Å². The molecule has 0 radical (unpaired) electrons. The van der Waals surface area contributed by atoms with Gasteiger partial charge >= 0.3 is 0 Å². The molecule has 1 rings (SSSR count). The minimum Gasteiger partial charge on any atom is -0.330 e. The van der Waals surface area contributed by atoms with Gasteiger partial charge in [0.2, 0.25) is 0 Å². The Bertz CT molecular complexity index is 346. The van der Waals surface area contributed by atoms with E-state index in [1.54, 1.807) is 12.1 Å². The summed E-state index contributed by atoms with van der Waals surface area (Å²) in [6, 6.07) is 4.49. The van der Waals surface area contributed by atoms with Crippen molar-refractivity contribution >= 4 is 22.4 Å². The Balaban J connectivity index is 2.76. The van der Waals surface area contributed by atoms with Crippen LogP contribution in [0.15, 0.2) is 18.2 Å². The largest absolute Gasteiger partial charge is 0.330 e. The Morgan fingerprint density at radius 2 is 2.21 bits per heavy atom. The topological polar surface area (TPSA) is 43.1 Å². The lowest BCUT2D eigenvalue weighted by Gasteiger charge is -2.04. The predicted molar refractivity (Wildman–Crippen MR) is 57.2 cm³/mol. The molecule has 0 heterocycles. The average Bonchev–Trinajstić information content (AvgIpc) is 2.13. The highest BCUT2D eigenvalue weighted by Gasteiger charge is 2.08. The Kier molecular flexibility index (Phi) is 4.51. The van der Waals surface area contributed by atoms with Crippen LogP contribution < -0.4 is 5.73 Å². The number of hydrogen-bond donors (Lipinski definition) is 1. The second-order valence-corrected chi connectivity index (χ2v) is 4.74. The number of halogens is 2. The number of rotatable bonds is 4. The van der Waals surface area contributed by atoms with Gasteiger partial charge in [-0.25, -0.2) is 4.39 Å². The maximum Gasteiger partial charge on any atom is 0.142 e. The second-order valence-electron chi connectivity index (χ2n) is 2.79. The summed E-state index contributed by atoms with van der Waals surface area (Å²) in [7, 11) is -1.07. The van der Waals surface area contributed by atoms with Crippen molar-refractivity contribution in [3.63, 3.8) is 0 Å². The van der Waals surface area contributed by atoms with Crippen LogP contribution in [-0.4, -0.2) is 16.5 Å². The van der Waals surface area contributed by atoms with E-state index in [1.807, 2.05) is 0 Å². The van der Waals surface area contributed by atoms with E-state index < -0.39 is 16.6 Å². The van der Waals surface area contributed by atoms with Gasteiger partial charge in [0.15, 0.2) is 0 Å². The lowest BCUT2D eigenvalue weighted by Crippen LogP contribution is -2.11. The summed E-state index contributed by atoms with van der Waals surface area (Å²) in [6.07, 6.45) is 0. The van der Waals surface area contributed by atoms with E-state index in [-0.39, 0.29) is 10.8 Å². The van der Waals surface area contributed by atoms with Gasteiger partial charge in [-0.1, -0.05) is 23.7 Å². The molecule has 0 aromatic heterocycles. The van der Waals surface area contributed by atoms with Crippen LogP contribution in [-0.2, 0) is 16.6 Å². The first-order valence-electron chi connectivity index (χ1n) is 4.13. The molecule has 2 N–H and O–H groups in total. The standard InChI is InChI=1S/C9H11ClFNOS/c10-9-7(2-1-3-8(9)11)6-14(13)5-4-12/h1-3H,4-6,12H2. The van der Waals surface area contributed by atoms with Crippen LogP contribution in [0.1, 0.15) is 5.56 Å². The molecule has 1 unspecified atom stereocenters. The van der Waals surface area contributed by atoms with Crippen LogP contribution in [0.5, 0.6) is 0 Å². The van der Waals surface area contributed by atoms with Crippen LogP contribution in [0.25, 0.3) is 0 Å². The van der Waals surface area contributed by atoms with Gasteiger partial charge in [-0.2, -0.15) is 0 Å². The van der Waals surface area contributed by atoms with E-state index in [9.17, 15) is 8.60 Å². The molecule has 0 aliphatic rings. The molecule has 1 aromatic carbocycles. The van der Waals surface area contributed by atoms with Crippen molar-refractivity contribution in [1.82, 2.24) is 0 Å². The van der Waals surface area contributed by atoms with Crippen LogP contribution in [0, 0.1) is 5.82 Å². The quantitative estimate of drug-likeness (QED) is 0.863. The smallest absolute Gasteiger partial charge is 0.142 e. The second kappa shape index (κ2) is 5.44. The number of hydrogen-bond acceptors (Lipinski definition) is 2. The molecule has 2 nitrogen and oxygen atoms in total. The molecule has 1 atom stereocenters. The first-order chi connectivity index (χ1) is 6.65. The van der Waals surface area contributed by atoms with Gasteiger partial charge in [0.1, 0.15) is 5.82 Å². The van der Waals surface area contributed by atoms with E-state index in [4.69, 9.17) is 17.3 Å². The van der Waals surface area contributed by atoms with Crippen molar-refractivity contribution in [2.45, 2.75) is 5.75 Å². The van der Waals surface area contributed by atoms with E-state index in [2.05, 4.69) is 0 Å². The summed E-state index contributed by atoms with van der Waals surface area (Å²) >= 11 is 5.70. The lowest BCUT2D eigenvalue weighted by molar-refractivity contribution is 0.626. The Hall–Kier alpha value is -0.450. The van der Waals surface area contributed by atoms with Gasteiger partial charge < -0.3 is 5.73 Å². The number of benzene rings is 1.